The molecule has 1 heterocycles. The third kappa shape index (κ3) is 3.58. The molecular weight excluding hydrogens is 520 g/mol. The molecule has 8 aromatic carbocycles. The Labute approximate surface area is 252 Å². The zero-order valence-corrected chi connectivity index (χ0v) is 23.3. The maximum absolute atomic E-state index is 9.05. The molecule has 0 aliphatic carbocycles. The first-order chi connectivity index (χ1) is 22.2. The quantitative estimate of drug-likeness (QED) is 0.200. The maximum Gasteiger partial charge on any atom is 0.143 e. The third-order valence-corrected chi connectivity index (χ3v) is 8.69. The smallest absolute Gasteiger partial charge is 0.143 e. The Morgan fingerprint density at radius 1 is 0.395 bits per heavy atom. The number of hydrogen-bond acceptors (Lipinski definition) is 1. The fourth-order valence-electron chi connectivity index (χ4n) is 6.87. The van der Waals surface area contributed by atoms with Crippen molar-refractivity contribution < 1.29 is 7.16 Å². The normalized spacial score (nSPS) is 12.4. The van der Waals surface area contributed by atoms with Gasteiger partial charge in [0.25, 0.3) is 0 Å². The minimum atomic E-state index is 0.196. The number of para-hydroxylation sites is 1. The van der Waals surface area contributed by atoms with Gasteiger partial charge in [0.05, 0.1) is 2.74 Å². The summed E-state index contributed by atoms with van der Waals surface area (Å²) in [4.78, 5) is 0. The second-order valence-electron chi connectivity index (χ2n) is 11.0. The largest absolute Gasteiger partial charge is 0.455 e. The molecule has 1 aromatic heterocycles. The minimum Gasteiger partial charge on any atom is -0.455 e. The molecule has 1 heteroatoms. The third-order valence-electron chi connectivity index (χ3n) is 8.69. The molecule has 0 aliphatic heterocycles. The van der Waals surface area contributed by atoms with E-state index in [2.05, 4.69) is 109 Å². The van der Waals surface area contributed by atoms with Crippen molar-refractivity contribution in [2.75, 3.05) is 0 Å². The van der Waals surface area contributed by atoms with Gasteiger partial charge in [0.1, 0.15) is 11.2 Å². The summed E-state index contributed by atoms with van der Waals surface area (Å²) < 4.78 is 24.5. The molecule has 0 atom stereocenters. The van der Waals surface area contributed by atoms with E-state index in [4.69, 9.17) is 7.16 Å². The maximum atomic E-state index is 9.05. The topological polar surface area (TPSA) is 13.1 Å². The summed E-state index contributed by atoms with van der Waals surface area (Å²) in [6.07, 6.45) is 0. The van der Waals surface area contributed by atoms with Crippen molar-refractivity contribution in [3.05, 3.63) is 158 Å². The highest BCUT2D eigenvalue weighted by atomic mass is 16.3. The van der Waals surface area contributed by atoms with Gasteiger partial charge in [0, 0.05) is 16.2 Å². The van der Waals surface area contributed by atoms with Crippen LogP contribution in [0.2, 0.25) is 0 Å². The summed E-state index contributed by atoms with van der Waals surface area (Å²) in [5.41, 5.74) is 8.15. The van der Waals surface area contributed by atoms with Gasteiger partial charge in [0.2, 0.25) is 0 Å². The molecule has 9 rings (SSSR count). The monoisotopic (exact) mass is 548 g/mol. The summed E-state index contributed by atoms with van der Waals surface area (Å²) in [6, 6.07) is 50.9. The van der Waals surface area contributed by atoms with Crippen LogP contribution in [0.25, 0.3) is 87.6 Å². The molecule has 0 saturated heterocycles. The van der Waals surface area contributed by atoms with Gasteiger partial charge >= 0.3 is 0 Å². The van der Waals surface area contributed by atoms with Gasteiger partial charge in [-0.3, -0.25) is 0 Å². The SMILES string of the molecule is [2H]c1c([2H])c2c3ccccc3oc2c2c(-c3ccccc3-c3c4ccccc4c(-c4ccccc4)c4ccccc34)cccc12. The Bertz CT molecular complexity index is 2560. The molecule has 43 heavy (non-hydrogen) atoms. The molecule has 0 aliphatic rings. The summed E-state index contributed by atoms with van der Waals surface area (Å²) in [5, 5.41) is 7.92. The van der Waals surface area contributed by atoms with Crippen LogP contribution in [0.1, 0.15) is 2.74 Å². The predicted molar refractivity (Wildman–Crippen MR) is 183 cm³/mol. The average Bonchev–Trinajstić information content (AvgIpc) is 3.49. The van der Waals surface area contributed by atoms with E-state index in [1.807, 2.05) is 36.4 Å². The van der Waals surface area contributed by atoms with Gasteiger partial charge in [-0.15, -0.1) is 0 Å². The van der Waals surface area contributed by atoms with Crippen molar-refractivity contribution in [2.24, 2.45) is 0 Å². The second-order valence-corrected chi connectivity index (χ2v) is 11.0. The van der Waals surface area contributed by atoms with Crippen molar-refractivity contribution in [1.29, 1.82) is 0 Å². The first-order valence-electron chi connectivity index (χ1n) is 15.6. The summed E-state index contributed by atoms with van der Waals surface area (Å²) in [5.74, 6) is 0. The number of fused-ring (bicyclic) bond motifs is 7. The van der Waals surface area contributed by atoms with Gasteiger partial charge < -0.3 is 4.42 Å². The molecule has 0 N–H and O–H groups in total. The second kappa shape index (κ2) is 9.44. The first-order valence-corrected chi connectivity index (χ1v) is 14.6. The van der Waals surface area contributed by atoms with E-state index < -0.39 is 0 Å². The van der Waals surface area contributed by atoms with Gasteiger partial charge in [0.15, 0.2) is 0 Å². The summed E-state index contributed by atoms with van der Waals surface area (Å²) in [7, 11) is 0. The minimum absolute atomic E-state index is 0.196. The highest BCUT2D eigenvalue weighted by Gasteiger charge is 2.20. The molecule has 0 saturated carbocycles. The van der Waals surface area contributed by atoms with Crippen LogP contribution >= 0.6 is 0 Å². The Kier molecular flexibility index (Phi) is 4.83. The Balaban J connectivity index is 1.43. The summed E-state index contributed by atoms with van der Waals surface area (Å²) in [6.45, 7) is 0. The van der Waals surface area contributed by atoms with Crippen LogP contribution in [0.3, 0.4) is 0 Å². The lowest BCUT2D eigenvalue weighted by Crippen LogP contribution is -1.93. The molecule has 0 amide bonds. The molecule has 9 aromatic rings. The zero-order chi connectivity index (χ0) is 30.1. The van der Waals surface area contributed by atoms with Crippen molar-refractivity contribution in [2.45, 2.75) is 0 Å². The number of benzene rings is 8. The van der Waals surface area contributed by atoms with Gasteiger partial charge in [-0.2, -0.15) is 0 Å². The number of furan rings is 1. The van der Waals surface area contributed by atoms with E-state index in [0.717, 1.165) is 33.0 Å². The molecule has 0 spiro atoms. The molecule has 200 valence electrons. The molecule has 1 nitrogen and oxygen atoms in total. The molecular formula is C42H26O. The van der Waals surface area contributed by atoms with Crippen LogP contribution in [-0.4, -0.2) is 0 Å². The highest BCUT2D eigenvalue weighted by Crippen LogP contribution is 2.47. The molecule has 0 fully saturated rings. The Morgan fingerprint density at radius 3 is 1.67 bits per heavy atom. The van der Waals surface area contributed by atoms with Gasteiger partial charge in [-0.1, -0.05) is 146 Å². The van der Waals surface area contributed by atoms with E-state index in [9.17, 15) is 0 Å². The predicted octanol–water partition coefficient (Wildman–Crippen LogP) is 12.0. The number of rotatable bonds is 3. The van der Waals surface area contributed by atoms with Crippen molar-refractivity contribution in [3.8, 4) is 33.4 Å². The van der Waals surface area contributed by atoms with Crippen LogP contribution in [0.4, 0.5) is 0 Å². The van der Waals surface area contributed by atoms with Gasteiger partial charge in [-0.25, -0.2) is 0 Å². The van der Waals surface area contributed by atoms with Crippen molar-refractivity contribution >= 4 is 54.3 Å². The zero-order valence-electron chi connectivity index (χ0n) is 25.3. The Hall–Kier alpha value is -5.66. The van der Waals surface area contributed by atoms with Gasteiger partial charge in [-0.05, 0) is 72.4 Å². The van der Waals surface area contributed by atoms with E-state index in [-0.39, 0.29) is 12.1 Å². The van der Waals surface area contributed by atoms with E-state index in [1.165, 1.54) is 38.2 Å². The van der Waals surface area contributed by atoms with Crippen molar-refractivity contribution in [3.63, 3.8) is 0 Å². The highest BCUT2D eigenvalue weighted by molar-refractivity contribution is 6.24. The molecule has 0 radical (unpaired) electrons. The molecule has 0 unspecified atom stereocenters. The average molecular weight is 549 g/mol. The first kappa shape index (κ1) is 22.0. The lowest BCUT2D eigenvalue weighted by atomic mass is 9.83. The van der Waals surface area contributed by atoms with Crippen molar-refractivity contribution in [1.82, 2.24) is 0 Å². The fraction of sp³-hybridized carbons (Fsp3) is 0. The van der Waals surface area contributed by atoms with Crippen LogP contribution < -0.4 is 0 Å². The van der Waals surface area contributed by atoms with Crippen LogP contribution in [-0.2, 0) is 0 Å². The Morgan fingerprint density at radius 2 is 0.953 bits per heavy atom. The molecule has 0 bridgehead atoms. The lowest BCUT2D eigenvalue weighted by molar-refractivity contribution is 0.673. The van der Waals surface area contributed by atoms with Crippen LogP contribution in [0.5, 0.6) is 0 Å². The van der Waals surface area contributed by atoms with E-state index in [1.54, 1.807) is 0 Å². The van der Waals surface area contributed by atoms with E-state index >= 15 is 0 Å². The number of hydrogen-bond donors (Lipinski definition) is 0. The standard InChI is InChI=1S/C42H26O/c1-2-13-27(14-3-1)39-33-19-6-8-21-35(33)41(36-22-9-7-20-34(36)39)32-18-5-4-16-29(32)31-23-12-15-28-25-26-37-30-17-10-11-24-38(30)43-42(37)40(28)31/h1-26H/i25D,26D. The van der Waals surface area contributed by atoms with E-state index in [0.29, 0.717) is 16.4 Å². The van der Waals surface area contributed by atoms with Crippen LogP contribution in [0, 0.1) is 0 Å². The fourth-order valence-corrected chi connectivity index (χ4v) is 6.87. The summed E-state index contributed by atoms with van der Waals surface area (Å²) >= 11 is 0. The van der Waals surface area contributed by atoms with Crippen LogP contribution in [0.15, 0.2) is 162 Å². The lowest BCUT2D eigenvalue weighted by Gasteiger charge is -2.20.